The lowest BCUT2D eigenvalue weighted by Crippen LogP contribution is -2.14. The van der Waals surface area contributed by atoms with Crippen molar-refractivity contribution in [3.05, 3.63) is 63.9 Å². The molecule has 0 fully saturated rings. The summed E-state index contributed by atoms with van der Waals surface area (Å²) >= 11 is 3.08. The third-order valence-corrected chi connectivity index (χ3v) is 3.01. The highest BCUT2D eigenvalue weighted by Gasteiger charge is 2.16. The standard InChI is InChI=1S/C12H9BrF2N2/c13-10-3-1-2-9(11(10)15)12(16)7-4-8(14)6-17-5-7/h1-6,12H,16H2. The molecule has 0 bridgehead atoms. The van der Waals surface area contributed by atoms with Crippen molar-refractivity contribution in [2.45, 2.75) is 6.04 Å². The summed E-state index contributed by atoms with van der Waals surface area (Å²) in [6.45, 7) is 0. The summed E-state index contributed by atoms with van der Waals surface area (Å²) in [4.78, 5) is 3.69. The quantitative estimate of drug-likeness (QED) is 0.925. The fourth-order valence-corrected chi connectivity index (χ4v) is 1.92. The minimum atomic E-state index is -0.740. The summed E-state index contributed by atoms with van der Waals surface area (Å²) in [6, 6.07) is 5.33. The maximum absolute atomic E-state index is 13.8. The Bertz CT molecular complexity index is 546. The average Bonchev–Trinajstić information content (AvgIpc) is 2.32. The maximum atomic E-state index is 13.8. The third-order valence-electron chi connectivity index (χ3n) is 2.40. The van der Waals surface area contributed by atoms with Gasteiger partial charge in [-0.2, -0.15) is 0 Å². The number of benzene rings is 1. The molecule has 5 heteroatoms. The van der Waals surface area contributed by atoms with Gasteiger partial charge in [-0.25, -0.2) is 8.78 Å². The second-order valence-corrected chi connectivity index (χ2v) is 4.41. The largest absolute Gasteiger partial charge is 0.320 e. The minimum Gasteiger partial charge on any atom is -0.320 e. The number of halogens is 3. The Hall–Kier alpha value is -1.33. The molecule has 88 valence electrons. The van der Waals surface area contributed by atoms with Crippen LogP contribution in [0.5, 0.6) is 0 Å². The van der Waals surface area contributed by atoms with Crippen LogP contribution in [0.15, 0.2) is 41.1 Å². The fourth-order valence-electron chi connectivity index (χ4n) is 1.54. The summed E-state index contributed by atoms with van der Waals surface area (Å²) in [5.74, 6) is -0.933. The van der Waals surface area contributed by atoms with Gasteiger partial charge in [-0.05, 0) is 33.6 Å². The molecule has 1 unspecified atom stereocenters. The van der Waals surface area contributed by atoms with Gasteiger partial charge in [-0.3, -0.25) is 4.98 Å². The van der Waals surface area contributed by atoms with E-state index < -0.39 is 17.7 Å². The van der Waals surface area contributed by atoms with Crippen molar-refractivity contribution in [3.8, 4) is 0 Å². The zero-order valence-electron chi connectivity index (χ0n) is 8.70. The van der Waals surface area contributed by atoms with E-state index in [1.807, 2.05) is 0 Å². The number of hydrogen-bond acceptors (Lipinski definition) is 2. The van der Waals surface area contributed by atoms with E-state index in [9.17, 15) is 8.78 Å². The molecule has 0 amide bonds. The van der Waals surface area contributed by atoms with E-state index in [2.05, 4.69) is 20.9 Å². The second-order valence-electron chi connectivity index (χ2n) is 3.56. The van der Waals surface area contributed by atoms with Gasteiger partial charge < -0.3 is 5.73 Å². The van der Waals surface area contributed by atoms with Crippen LogP contribution in [0.4, 0.5) is 8.78 Å². The second kappa shape index (κ2) is 4.89. The molecule has 0 spiro atoms. The van der Waals surface area contributed by atoms with Crippen LogP contribution in [0, 0.1) is 11.6 Å². The van der Waals surface area contributed by atoms with Crippen molar-refractivity contribution in [1.29, 1.82) is 0 Å². The molecule has 1 heterocycles. The number of nitrogens with two attached hydrogens (primary N) is 1. The molecular formula is C12H9BrF2N2. The highest BCUT2D eigenvalue weighted by atomic mass is 79.9. The Morgan fingerprint density at radius 3 is 2.71 bits per heavy atom. The first-order valence-electron chi connectivity index (χ1n) is 4.89. The Morgan fingerprint density at radius 2 is 2.00 bits per heavy atom. The Kier molecular flexibility index (Phi) is 3.49. The van der Waals surface area contributed by atoms with Gasteiger partial charge in [0.2, 0.25) is 0 Å². The minimum absolute atomic E-state index is 0.298. The topological polar surface area (TPSA) is 38.9 Å². The first-order valence-corrected chi connectivity index (χ1v) is 5.69. The summed E-state index contributed by atoms with van der Waals surface area (Å²) in [6.07, 6.45) is 2.50. The van der Waals surface area contributed by atoms with Gasteiger partial charge in [-0.1, -0.05) is 12.1 Å². The predicted octanol–water partition coefficient (Wildman–Crippen LogP) is 3.17. The van der Waals surface area contributed by atoms with Crippen LogP contribution in [0.3, 0.4) is 0 Å². The van der Waals surface area contributed by atoms with Gasteiger partial charge in [0.1, 0.15) is 11.6 Å². The van der Waals surface area contributed by atoms with Crippen molar-refractivity contribution >= 4 is 15.9 Å². The third kappa shape index (κ3) is 2.50. The van der Waals surface area contributed by atoms with Gasteiger partial charge in [0.05, 0.1) is 16.7 Å². The molecule has 2 N–H and O–H groups in total. The lowest BCUT2D eigenvalue weighted by atomic mass is 10.0. The molecule has 0 aliphatic rings. The Morgan fingerprint density at radius 1 is 1.24 bits per heavy atom. The summed E-state index contributed by atoms with van der Waals surface area (Å²) < 4.78 is 27.1. The molecule has 0 saturated carbocycles. The van der Waals surface area contributed by atoms with Crippen molar-refractivity contribution in [2.75, 3.05) is 0 Å². The smallest absolute Gasteiger partial charge is 0.142 e. The molecule has 17 heavy (non-hydrogen) atoms. The van der Waals surface area contributed by atoms with Crippen LogP contribution in [0.2, 0.25) is 0 Å². The van der Waals surface area contributed by atoms with Gasteiger partial charge >= 0.3 is 0 Å². The van der Waals surface area contributed by atoms with Crippen molar-refractivity contribution in [3.63, 3.8) is 0 Å². The molecule has 0 aliphatic heterocycles. The van der Waals surface area contributed by atoms with E-state index in [0.717, 1.165) is 6.20 Å². The van der Waals surface area contributed by atoms with Crippen LogP contribution < -0.4 is 5.73 Å². The molecule has 2 rings (SSSR count). The van der Waals surface area contributed by atoms with Gasteiger partial charge in [0.15, 0.2) is 0 Å². The number of rotatable bonds is 2. The van der Waals surface area contributed by atoms with Crippen LogP contribution in [-0.2, 0) is 0 Å². The van der Waals surface area contributed by atoms with Crippen molar-refractivity contribution in [1.82, 2.24) is 4.98 Å². The van der Waals surface area contributed by atoms with E-state index in [1.54, 1.807) is 18.2 Å². The highest BCUT2D eigenvalue weighted by Crippen LogP contribution is 2.26. The van der Waals surface area contributed by atoms with E-state index >= 15 is 0 Å². The van der Waals surface area contributed by atoms with Crippen molar-refractivity contribution < 1.29 is 8.78 Å². The van der Waals surface area contributed by atoms with Crippen LogP contribution in [0.1, 0.15) is 17.2 Å². The Balaban J connectivity index is 2.44. The first kappa shape index (κ1) is 12.1. The van der Waals surface area contributed by atoms with Crippen molar-refractivity contribution in [2.24, 2.45) is 5.73 Å². The SMILES string of the molecule is NC(c1cncc(F)c1)c1cccc(Br)c1F. The summed E-state index contributed by atoms with van der Waals surface area (Å²) in [5.41, 5.74) is 6.62. The van der Waals surface area contributed by atoms with Crippen LogP contribution in [0.25, 0.3) is 0 Å². The molecule has 1 aromatic heterocycles. The molecule has 0 saturated heterocycles. The molecule has 1 aromatic carbocycles. The molecule has 0 radical (unpaired) electrons. The molecule has 2 aromatic rings. The average molecular weight is 299 g/mol. The number of hydrogen-bond donors (Lipinski definition) is 1. The summed E-state index contributed by atoms with van der Waals surface area (Å²) in [5, 5.41) is 0. The maximum Gasteiger partial charge on any atom is 0.142 e. The predicted molar refractivity (Wildman–Crippen MR) is 64.3 cm³/mol. The monoisotopic (exact) mass is 298 g/mol. The Labute approximate surface area is 106 Å². The van der Waals surface area contributed by atoms with Crippen LogP contribution >= 0.6 is 15.9 Å². The molecular weight excluding hydrogens is 290 g/mol. The molecule has 0 aliphatic carbocycles. The van der Waals surface area contributed by atoms with Gasteiger partial charge in [-0.15, -0.1) is 0 Å². The van der Waals surface area contributed by atoms with E-state index in [1.165, 1.54) is 12.3 Å². The summed E-state index contributed by atoms with van der Waals surface area (Å²) in [7, 11) is 0. The van der Waals surface area contributed by atoms with E-state index in [4.69, 9.17) is 5.73 Å². The van der Waals surface area contributed by atoms with Crippen LogP contribution in [-0.4, -0.2) is 4.98 Å². The normalized spacial score (nSPS) is 12.5. The van der Waals surface area contributed by atoms with Gasteiger partial charge in [0, 0.05) is 11.8 Å². The lowest BCUT2D eigenvalue weighted by Gasteiger charge is -2.13. The van der Waals surface area contributed by atoms with Gasteiger partial charge in [0.25, 0.3) is 0 Å². The molecule has 1 atom stereocenters. The highest BCUT2D eigenvalue weighted by molar-refractivity contribution is 9.10. The first-order chi connectivity index (χ1) is 8.09. The number of pyridine rings is 1. The number of aromatic nitrogens is 1. The number of nitrogens with zero attached hydrogens (tertiary/aromatic N) is 1. The van der Waals surface area contributed by atoms with E-state index in [-0.39, 0.29) is 0 Å². The lowest BCUT2D eigenvalue weighted by molar-refractivity contribution is 0.588. The zero-order chi connectivity index (χ0) is 12.4. The zero-order valence-corrected chi connectivity index (χ0v) is 10.3. The fraction of sp³-hybridized carbons (Fsp3) is 0.0833. The molecule has 2 nitrogen and oxygen atoms in total. The van der Waals surface area contributed by atoms with E-state index in [0.29, 0.717) is 15.6 Å².